The van der Waals surface area contributed by atoms with Gasteiger partial charge in [0, 0.05) is 13.1 Å². The molecule has 0 N–H and O–H groups in total. The molecule has 0 radical (unpaired) electrons. The number of hydrogen-bond donors (Lipinski definition) is 0. The van der Waals surface area contributed by atoms with Crippen LogP contribution in [0.2, 0.25) is 0 Å². The van der Waals surface area contributed by atoms with Crippen molar-refractivity contribution in [3.8, 4) is 5.75 Å². The fourth-order valence-electron chi connectivity index (χ4n) is 3.64. The van der Waals surface area contributed by atoms with E-state index in [1.165, 1.54) is 36.0 Å². The summed E-state index contributed by atoms with van der Waals surface area (Å²) in [5.41, 5.74) is 4.44. The van der Waals surface area contributed by atoms with Crippen molar-refractivity contribution in [1.82, 2.24) is 4.90 Å². The number of likely N-dealkylation sites (N-methyl/N-ethyl adjacent to an activating group) is 1. The lowest BCUT2D eigenvalue weighted by atomic mass is 9.82. The summed E-state index contributed by atoms with van der Waals surface area (Å²) in [5.74, 6) is 1.65. The van der Waals surface area contributed by atoms with Gasteiger partial charge in [-0.3, -0.25) is 0 Å². The third-order valence-electron chi connectivity index (χ3n) is 4.95. The number of aryl methyl sites for hydroxylation is 1. The van der Waals surface area contributed by atoms with Crippen LogP contribution < -0.4 is 4.74 Å². The molecule has 0 fully saturated rings. The second kappa shape index (κ2) is 7.65. The summed E-state index contributed by atoms with van der Waals surface area (Å²) in [6.07, 6.45) is 4.91. The van der Waals surface area contributed by atoms with Gasteiger partial charge in [0.2, 0.25) is 0 Å². The lowest BCUT2D eigenvalue weighted by Gasteiger charge is -2.29. The van der Waals surface area contributed by atoms with E-state index in [-0.39, 0.29) is 0 Å². The van der Waals surface area contributed by atoms with Gasteiger partial charge in [0.25, 0.3) is 0 Å². The molecule has 1 unspecified atom stereocenters. The van der Waals surface area contributed by atoms with E-state index in [9.17, 15) is 0 Å². The lowest BCUT2D eigenvalue weighted by Crippen LogP contribution is -2.28. The van der Waals surface area contributed by atoms with E-state index in [0.717, 1.165) is 25.3 Å². The molecule has 2 aromatic carbocycles. The number of nitrogens with zero attached hydrogens (tertiary/aromatic N) is 1. The molecule has 0 bridgehead atoms. The van der Waals surface area contributed by atoms with E-state index in [1.807, 2.05) is 0 Å². The van der Waals surface area contributed by atoms with Crippen molar-refractivity contribution in [2.24, 2.45) is 0 Å². The first kappa shape index (κ1) is 16.1. The van der Waals surface area contributed by atoms with Crippen molar-refractivity contribution in [2.75, 3.05) is 27.2 Å². The Labute approximate surface area is 140 Å². The van der Waals surface area contributed by atoms with E-state index in [1.54, 1.807) is 7.11 Å². The first-order valence-corrected chi connectivity index (χ1v) is 8.65. The highest BCUT2D eigenvalue weighted by atomic mass is 16.5. The van der Waals surface area contributed by atoms with Crippen molar-refractivity contribution < 1.29 is 4.74 Å². The van der Waals surface area contributed by atoms with Crippen molar-refractivity contribution in [2.45, 2.75) is 31.6 Å². The number of fused-ring (bicyclic) bond motifs is 1. The molecule has 0 aliphatic heterocycles. The standard InChI is InChI=1S/C21H27NO/c1-22(14-13-17-7-4-3-5-8-17)16-19-10-6-9-18-15-20(23-2)11-12-21(18)19/h3-5,7-8,11-12,15,19H,6,9-10,13-14,16H2,1-2H3. The average Bonchev–Trinajstić information content (AvgIpc) is 2.60. The molecule has 23 heavy (non-hydrogen) atoms. The van der Waals surface area contributed by atoms with Crippen LogP contribution in [0.4, 0.5) is 0 Å². The smallest absolute Gasteiger partial charge is 0.119 e. The topological polar surface area (TPSA) is 12.5 Å². The number of hydrogen-bond acceptors (Lipinski definition) is 2. The Morgan fingerprint density at radius 1 is 1.13 bits per heavy atom. The Balaban J connectivity index is 1.60. The van der Waals surface area contributed by atoms with Crippen molar-refractivity contribution >= 4 is 0 Å². The van der Waals surface area contributed by atoms with E-state index in [0.29, 0.717) is 5.92 Å². The molecule has 0 saturated carbocycles. The maximum atomic E-state index is 5.37. The number of rotatable bonds is 6. The molecular weight excluding hydrogens is 282 g/mol. The molecule has 2 aromatic rings. The quantitative estimate of drug-likeness (QED) is 0.789. The molecule has 2 nitrogen and oxygen atoms in total. The Kier molecular flexibility index (Phi) is 5.35. The molecule has 0 saturated heterocycles. The number of benzene rings is 2. The van der Waals surface area contributed by atoms with Crippen LogP contribution in [0, 0.1) is 0 Å². The van der Waals surface area contributed by atoms with Gasteiger partial charge in [-0.05, 0) is 67.5 Å². The Hall–Kier alpha value is -1.80. The third-order valence-corrected chi connectivity index (χ3v) is 4.95. The molecule has 0 amide bonds. The maximum absolute atomic E-state index is 5.37. The van der Waals surface area contributed by atoms with Crippen LogP contribution in [0.25, 0.3) is 0 Å². The third kappa shape index (κ3) is 4.14. The summed E-state index contributed by atoms with van der Waals surface area (Å²) < 4.78 is 5.37. The monoisotopic (exact) mass is 309 g/mol. The summed E-state index contributed by atoms with van der Waals surface area (Å²) in [7, 11) is 4.00. The van der Waals surface area contributed by atoms with Crippen LogP contribution in [-0.2, 0) is 12.8 Å². The second-order valence-corrected chi connectivity index (χ2v) is 6.65. The molecule has 2 heteroatoms. The molecule has 1 aliphatic rings. The zero-order valence-electron chi connectivity index (χ0n) is 14.3. The second-order valence-electron chi connectivity index (χ2n) is 6.65. The lowest BCUT2D eigenvalue weighted by molar-refractivity contribution is 0.300. The summed E-state index contributed by atoms with van der Waals surface area (Å²) in [5, 5.41) is 0. The Morgan fingerprint density at radius 2 is 1.96 bits per heavy atom. The van der Waals surface area contributed by atoms with Gasteiger partial charge in [0.1, 0.15) is 5.75 Å². The zero-order valence-corrected chi connectivity index (χ0v) is 14.3. The summed E-state index contributed by atoms with van der Waals surface area (Å²) in [6, 6.07) is 17.4. The first-order chi connectivity index (χ1) is 11.3. The maximum Gasteiger partial charge on any atom is 0.119 e. The minimum atomic E-state index is 0.658. The minimum Gasteiger partial charge on any atom is -0.497 e. The minimum absolute atomic E-state index is 0.658. The van der Waals surface area contributed by atoms with Gasteiger partial charge in [0.15, 0.2) is 0 Å². The summed E-state index contributed by atoms with van der Waals surface area (Å²) in [6.45, 7) is 2.26. The fraction of sp³-hybridized carbons (Fsp3) is 0.429. The van der Waals surface area contributed by atoms with Crippen LogP contribution in [0.1, 0.15) is 35.4 Å². The van der Waals surface area contributed by atoms with Crippen LogP contribution >= 0.6 is 0 Å². The van der Waals surface area contributed by atoms with E-state index >= 15 is 0 Å². The SMILES string of the molecule is COc1ccc2c(c1)CCCC2CN(C)CCc1ccccc1. The van der Waals surface area contributed by atoms with Gasteiger partial charge in [-0.1, -0.05) is 36.4 Å². The first-order valence-electron chi connectivity index (χ1n) is 8.65. The highest BCUT2D eigenvalue weighted by Gasteiger charge is 2.21. The van der Waals surface area contributed by atoms with Gasteiger partial charge in [-0.15, -0.1) is 0 Å². The van der Waals surface area contributed by atoms with E-state index < -0.39 is 0 Å². The molecule has 3 rings (SSSR count). The Morgan fingerprint density at radius 3 is 2.74 bits per heavy atom. The average molecular weight is 309 g/mol. The van der Waals surface area contributed by atoms with Gasteiger partial charge in [-0.2, -0.15) is 0 Å². The fourth-order valence-corrected chi connectivity index (χ4v) is 3.64. The molecule has 1 atom stereocenters. The normalized spacial score (nSPS) is 17.1. The molecular formula is C21H27NO. The summed E-state index contributed by atoms with van der Waals surface area (Å²) >= 11 is 0. The van der Waals surface area contributed by atoms with Crippen LogP contribution in [-0.4, -0.2) is 32.1 Å². The Bertz CT molecular complexity index is 623. The predicted molar refractivity (Wildman–Crippen MR) is 96.3 cm³/mol. The number of methoxy groups -OCH3 is 1. The van der Waals surface area contributed by atoms with Crippen molar-refractivity contribution in [3.05, 3.63) is 65.2 Å². The van der Waals surface area contributed by atoms with Gasteiger partial charge in [0.05, 0.1) is 7.11 Å². The van der Waals surface area contributed by atoms with Crippen molar-refractivity contribution in [3.63, 3.8) is 0 Å². The molecule has 0 aromatic heterocycles. The van der Waals surface area contributed by atoms with E-state index in [2.05, 4.69) is 60.5 Å². The molecule has 122 valence electrons. The van der Waals surface area contributed by atoms with E-state index in [4.69, 9.17) is 4.74 Å². The van der Waals surface area contributed by atoms with Gasteiger partial charge >= 0.3 is 0 Å². The summed E-state index contributed by atoms with van der Waals surface area (Å²) in [4.78, 5) is 2.48. The predicted octanol–water partition coefficient (Wildman–Crippen LogP) is 4.29. The molecule has 0 heterocycles. The molecule has 0 spiro atoms. The molecule has 1 aliphatic carbocycles. The highest BCUT2D eigenvalue weighted by molar-refractivity contribution is 5.39. The number of ether oxygens (including phenoxy) is 1. The zero-order chi connectivity index (χ0) is 16.1. The van der Waals surface area contributed by atoms with Crippen LogP contribution in [0.3, 0.4) is 0 Å². The van der Waals surface area contributed by atoms with Crippen LogP contribution in [0.15, 0.2) is 48.5 Å². The van der Waals surface area contributed by atoms with Gasteiger partial charge in [-0.25, -0.2) is 0 Å². The van der Waals surface area contributed by atoms with Crippen molar-refractivity contribution in [1.29, 1.82) is 0 Å². The van der Waals surface area contributed by atoms with Gasteiger partial charge < -0.3 is 9.64 Å². The van der Waals surface area contributed by atoms with Crippen LogP contribution in [0.5, 0.6) is 5.75 Å². The highest BCUT2D eigenvalue weighted by Crippen LogP contribution is 2.34. The largest absolute Gasteiger partial charge is 0.497 e.